The van der Waals surface area contributed by atoms with Crippen LogP contribution in [0.5, 0.6) is 0 Å². The zero-order chi connectivity index (χ0) is 7.40. The fourth-order valence-corrected chi connectivity index (χ4v) is 0.568. The zero-order valence-corrected chi connectivity index (χ0v) is 5.66. The molecule has 0 N–H and O–H groups in total. The number of carbonyl (C=O) groups excluding carboxylic acids is 1. The summed E-state index contributed by atoms with van der Waals surface area (Å²) in [7, 11) is 0. The molecule has 0 atom stereocenters. The summed E-state index contributed by atoms with van der Waals surface area (Å²) in [4.78, 5) is 10.9. The molecule has 0 radical (unpaired) electrons. The first kappa shape index (κ1) is 6.86. The third-order valence-electron chi connectivity index (χ3n) is 1.10. The van der Waals surface area contributed by atoms with E-state index in [0.717, 1.165) is 0 Å². The third-order valence-corrected chi connectivity index (χ3v) is 1.10. The molecule has 0 fully saturated rings. The molecule has 54 valence electrons. The molecule has 0 aromatic carbocycles. The highest BCUT2D eigenvalue weighted by atomic mass is 16.5. The molecule has 0 saturated carbocycles. The van der Waals surface area contributed by atoms with Gasteiger partial charge in [-0.3, -0.25) is 4.79 Å². The smallest absolute Gasteiger partial charge is 0.204 e. The van der Waals surface area contributed by atoms with Crippen LogP contribution in [0.4, 0.5) is 0 Å². The van der Waals surface area contributed by atoms with Gasteiger partial charge in [-0.1, -0.05) is 6.92 Å². The fraction of sp³-hybridized carbons (Fsp3) is 0.286. The van der Waals surface area contributed by atoms with Crippen molar-refractivity contribution >= 4 is 5.78 Å². The van der Waals surface area contributed by atoms with Gasteiger partial charge in [0.2, 0.25) is 11.5 Å². The number of allylic oxidation sites excluding steroid dienone is 1. The Morgan fingerprint density at radius 3 is 2.90 bits per heavy atom. The van der Waals surface area contributed by atoms with Crippen molar-refractivity contribution in [1.29, 1.82) is 0 Å². The van der Waals surface area contributed by atoms with Crippen molar-refractivity contribution in [3.8, 4) is 0 Å². The van der Waals surface area contributed by atoms with Gasteiger partial charge in [0.15, 0.2) is 0 Å². The normalized spacial score (nSPS) is 15.1. The van der Waals surface area contributed by atoms with E-state index >= 15 is 0 Å². The maximum Gasteiger partial charge on any atom is 0.204 e. The Labute approximate surface area is 58.9 Å². The van der Waals surface area contributed by atoms with Gasteiger partial charge in [0.25, 0.3) is 0 Å². The van der Waals surface area contributed by atoms with Crippen LogP contribution in [0, 0.1) is 0 Å². The minimum atomic E-state index is -0.0515. The Morgan fingerprint density at radius 1 is 1.60 bits per heavy atom. The minimum Gasteiger partial charge on any atom is -0.465 e. The lowest BCUT2D eigenvalue weighted by atomic mass is 10.3. The molecule has 0 aromatic heterocycles. The molecule has 3 heteroatoms. The number of Topliss-reactive ketones (excluding diaryl/α,β-unsaturated/α-hetero) is 1. The second-order valence-electron chi connectivity index (χ2n) is 1.78. The van der Waals surface area contributed by atoms with E-state index in [0.29, 0.717) is 6.42 Å². The molecule has 0 aromatic rings. The van der Waals surface area contributed by atoms with Crippen LogP contribution < -0.4 is 0 Å². The number of hydrogen-bond donors (Lipinski definition) is 0. The van der Waals surface area contributed by atoms with E-state index in [2.05, 4.69) is 0 Å². The van der Waals surface area contributed by atoms with Crippen LogP contribution in [0.1, 0.15) is 13.3 Å². The summed E-state index contributed by atoms with van der Waals surface area (Å²) >= 11 is 0. The van der Waals surface area contributed by atoms with Crippen LogP contribution in [0.25, 0.3) is 0 Å². The molecule has 1 aliphatic rings. The monoisotopic (exact) mass is 140 g/mol. The highest BCUT2D eigenvalue weighted by molar-refractivity contribution is 5.93. The van der Waals surface area contributed by atoms with E-state index in [1.807, 2.05) is 0 Å². The van der Waals surface area contributed by atoms with Crippen LogP contribution in [0.15, 0.2) is 24.5 Å². The lowest BCUT2D eigenvalue weighted by Gasteiger charge is -2.06. The first-order chi connectivity index (χ1) is 4.84. The second-order valence-corrected chi connectivity index (χ2v) is 1.78. The summed E-state index contributed by atoms with van der Waals surface area (Å²) in [6.07, 6.45) is 4.43. The Kier molecular flexibility index (Phi) is 2.10. The van der Waals surface area contributed by atoms with Crippen molar-refractivity contribution in [2.24, 2.45) is 0 Å². The van der Waals surface area contributed by atoms with Crippen molar-refractivity contribution in [3.63, 3.8) is 0 Å². The molecule has 0 saturated heterocycles. The molecule has 0 spiro atoms. The first-order valence-electron chi connectivity index (χ1n) is 3.05. The van der Waals surface area contributed by atoms with E-state index in [1.54, 1.807) is 6.92 Å². The van der Waals surface area contributed by atoms with Crippen molar-refractivity contribution in [1.82, 2.24) is 0 Å². The summed E-state index contributed by atoms with van der Waals surface area (Å²) in [5.41, 5.74) is 0. The van der Waals surface area contributed by atoms with Crippen LogP contribution in [0.3, 0.4) is 0 Å². The van der Waals surface area contributed by atoms with Gasteiger partial charge in [0, 0.05) is 6.42 Å². The number of ketones is 1. The standard InChI is InChI=1S/C7H8O3/c1-2-6(8)7-5-9-3-4-10-7/h3-5H,2H2,1H3. The lowest BCUT2D eigenvalue weighted by Crippen LogP contribution is -2.04. The number of rotatable bonds is 2. The third kappa shape index (κ3) is 1.37. The summed E-state index contributed by atoms with van der Waals surface area (Å²) in [5, 5.41) is 0. The van der Waals surface area contributed by atoms with Crippen molar-refractivity contribution in [2.75, 3.05) is 0 Å². The van der Waals surface area contributed by atoms with Crippen molar-refractivity contribution in [3.05, 3.63) is 24.5 Å². The van der Waals surface area contributed by atoms with Crippen LogP contribution in [0.2, 0.25) is 0 Å². The molecule has 10 heavy (non-hydrogen) atoms. The molecule has 1 aliphatic heterocycles. The molecule has 0 bridgehead atoms. The van der Waals surface area contributed by atoms with E-state index in [-0.39, 0.29) is 11.5 Å². The SMILES string of the molecule is CCC(=O)C1=COC=CO1. The average Bonchev–Trinajstić information content (AvgIpc) is 2.05. The van der Waals surface area contributed by atoms with E-state index in [1.165, 1.54) is 18.8 Å². The van der Waals surface area contributed by atoms with Gasteiger partial charge < -0.3 is 9.47 Å². The summed E-state index contributed by atoms with van der Waals surface area (Å²) < 4.78 is 9.55. The maximum absolute atomic E-state index is 10.9. The topological polar surface area (TPSA) is 35.5 Å². The Morgan fingerprint density at radius 2 is 2.40 bits per heavy atom. The van der Waals surface area contributed by atoms with Crippen LogP contribution in [-0.4, -0.2) is 5.78 Å². The highest BCUT2D eigenvalue weighted by Crippen LogP contribution is 2.07. The number of carbonyl (C=O) groups is 1. The molecule has 0 aliphatic carbocycles. The zero-order valence-electron chi connectivity index (χ0n) is 5.66. The molecule has 0 amide bonds. The van der Waals surface area contributed by atoms with E-state index in [4.69, 9.17) is 9.47 Å². The van der Waals surface area contributed by atoms with Crippen LogP contribution in [-0.2, 0) is 14.3 Å². The highest BCUT2D eigenvalue weighted by Gasteiger charge is 2.09. The van der Waals surface area contributed by atoms with Crippen molar-refractivity contribution in [2.45, 2.75) is 13.3 Å². The predicted molar refractivity (Wildman–Crippen MR) is 34.7 cm³/mol. The Hall–Kier alpha value is -1.25. The van der Waals surface area contributed by atoms with Gasteiger partial charge in [-0.15, -0.1) is 0 Å². The summed E-state index contributed by atoms with van der Waals surface area (Å²) in [6, 6.07) is 0. The number of hydrogen-bond acceptors (Lipinski definition) is 3. The molecule has 1 rings (SSSR count). The van der Waals surface area contributed by atoms with Gasteiger partial charge in [0.1, 0.15) is 18.8 Å². The molecular formula is C7H8O3. The van der Waals surface area contributed by atoms with E-state index in [9.17, 15) is 4.79 Å². The predicted octanol–water partition coefficient (Wildman–Crippen LogP) is 1.32. The first-order valence-corrected chi connectivity index (χ1v) is 3.05. The molecular weight excluding hydrogens is 132 g/mol. The largest absolute Gasteiger partial charge is 0.465 e. The van der Waals surface area contributed by atoms with Crippen LogP contribution >= 0.6 is 0 Å². The average molecular weight is 140 g/mol. The molecule has 0 unspecified atom stereocenters. The quantitative estimate of drug-likeness (QED) is 0.580. The summed E-state index contributed by atoms with van der Waals surface area (Å²) in [5.74, 6) is 0.217. The molecule has 3 nitrogen and oxygen atoms in total. The van der Waals surface area contributed by atoms with Gasteiger partial charge in [-0.05, 0) is 0 Å². The maximum atomic E-state index is 10.9. The van der Waals surface area contributed by atoms with Gasteiger partial charge >= 0.3 is 0 Å². The van der Waals surface area contributed by atoms with Crippen molar-refractivity contribution < 1.29 is 14.3 Å². The van der Waals surface area contributed by atoms with E-state index < -0.39 is 0 Å². The Balaban J connectivity index is 2.56. The minimum absolute atomic E-state index is 0.0515. The number of ether oxygens (including phenoxy) is 2. The second kappa shape index (κ2) is 3.06. The van der Waals surface area contributed by atoms with Gasteiger partial charge in [-0.25, -0.2) is 0 Å². The fourth-order valence-electron chi connectivity index (χ4n) is 0.568. The molecule has 1 heterocycles. The Bertz CT molecular complexity index is 191. The lowest BCUT2D eigenvalue weighted by molar-refractivity contribution is -0.118. The van der Waals surface area contributed by atoms with Gasteiger partial charge in [0.05, 0.1) is 0 Å². The summed E-state index contributed by atoms with van der Waals surface area (Å²) in [6.45, 7) is 1.77. The van der Waals surface area contributed by atoms with Gasteiger partial charge in [-0.2, -0.15) is 0 Å².